The molecule has 0 radical (unpaired) electrons. The highest BCUT2D eigenvalue weighted by atomic mass is 19.4. The van der Waals surface area contributed by atoms with Crippen molar-refractivity contribution in [1.29, 1.82) is 0 Å². The van der Waals surface area contributed by atoms with Gasteiger partial charge in [0.1, 0.15) is 11.5 Å². The minimum Gasteiger partial charge on any atom is -0.508 e. The maximum Gasteiger partial charge on any atom is 0.418 e. The molecule has 0 fully saturated rings. The first-order valence-corrected chi connectivity index (χ1v) is 10.1. The third-order valence-corrected chi connectivity index (χ3v) is 5.28. The lowest BCUT2D eigenvalue weighted by atomic mass is 9.99. The number of aromatic nitrogens is 2. The molecule has 3 aromatic carbocycles. The van der Waals surface area contributed by atoms with Crippen molar-refractivity contribution in [2.24, 2.45) is 0 Å². The molecule has 1 aromatic heterocycles. The summed E-state index contributed by atoms with van der Waals surface area (Å²) in [5.74, 6) is 0.747. The Morgan fingerprint density at radius 2 is 1.53 bits per heavy atom. The van der Waals surface area contributed by atoms with E-state index in [1.165, 1.54) is 28.9 Å². The highest BCUT2D eigenvalue weighted by molar-refractivity contribution is 5.77. The third kappa shape index (κ3) is 3.93. The van der Waals surface area contributed by atoms with Crippen molar-refractivity contribution in [3.63, 3.8) is 0 Å². The number of hydrogen-bond donors (Lipinski definition) is 1. The Bertz CT molecular complexity index is 1230. The van der Waals surface area contributed by atoms with Gasteiger partial charge in [-0.05, 0) is 67.1 Å². The lowest BCUT2D eigenvalue weighted by Gasteiger charge is -2.15. The molecule has 0 bridgehead atoms. The van der Waals surface area contributed by atoms with Crippen molar-refractivity contribution in [3.05, 3.63) is 83.9 Å². The van der Waals surface area contributed by atoms with Crippen molar-refractivity contribution in [2.75, 3.05) is 7.11 Å². The summed E-state index contributed by atoms with van der Waals surface area (Å²) in [6.07, 6.45) is -3.99. The number of hydrogen-bond acceptors (Lipinski definition) is 3. The number of halogens is 3. The van der Waals surface area contributed by atoms with Crippen LogP contribution < -0.4 is 4.74 Å². The Hall–Kier alpha value is -3.74. The SMILES string of the molecule is CCc1c(-c2ccc(OC)cc2)nn(-c2ccccc2C(F)(F)F)c1-c1ccc(O)cc1. The summed E-state index contributed by atoms with van der Waals surface area (Å²) in [7, 11) is 1.57. The summed E-state index contributed by atoms with van der Waals surface area (Å²) in [5.41, 5.74) is 2.54. The lowest BCUT2D eigenvalue weighted by molar-refractivity contribution is -0.137. The Morgan fingerprint density at radius 3 is 2.12 bits per heavy atom. The summed E-state index contributed by atoms with van der Waals surface area (Å²) in [6, 6.07) is 19.0. The van der Waals surface area contributed by atoms with Gasteiger partial charge in [-0.15, -0.1) is 0 Å². The van der Waals surface area contributed by atoms with Gasteiger partial charge < -0.3 is 9.84 Å². The number of methoxy groups -OCH3 is 1. The minimum atomic E-state index is -4.54. The van der Waals surface area contributed by atoms with Crippen LogP contribution in [0.2, 0.25) is 0 Å². The van der Waals surface area contributed by atoms with Crippen molar-refractivity contribution in [3.8, 4) is 39.7 Å². The molecule has 0 aliphatic heterocycles. The second-order valence-electron chi connectivity index (χ2n) is 7.23. The molecule has 0 aliphatic rings. The van der Waals surface area contributed by atoms with E-state index in [9.17, 15) is 18.3 Å². The predicted molar refractivity (Wildman–Crippen MR) is 117 cm³/mol. The van der Waals surface area contributed by atoms with Gasteiger partial charge in [0.05, 0.1) is 29.7 Å². The monoisotopic (exact) mass is 438 g/mol. The Kier molecular flexibility index (Phi) is 5.65. The minimum absolute atomic E-state index is 0.0578. The van der Waals surface area contributed by atoms with E-state index in [4.69, 9.17) is 4.74 Å². The van der Waals surface area contributed by atoms with Crippen LogP contribution in [0.15, 0.2) is 72.8 Å². The number of alkyl halides is 3. The van der Waals surface area contributed by atoms with E-state index in [0.29, 0.717) is 29.1 Å². The lowest BCUT2D eigenvalue weighted by Crippen LogP contribution is -2.12. The zero-order chi connectivity index (χ0) is 22.9. The zero-order valence-electron chi connectivity index (χ0n) is 17.5. The second-order valence-corrected chi connectivity index (χ2v) is 7.23. The maximum absolute atomic E-state index is 13.8. The van der Waals surface area contributed by atoms with Gasteiger partial charge in [-0.1, -0.05) is 19.1 Å². The smallest absolute Gasteiger partial charge is 0.418 e. The third-order valence-electron chi connectivity index (χ3n) is 5.28. The molecular weight excluding hydrogens is 417 g/mol. The molecule has 0 saturated carbocycles. The van der Waals surface area contributed by atoms with Crippen molar-refractivity contribution in [2.45, 2.75) is 19.5 Å². The average molecular weight is 438 g/mol. The van der Waals surface area contributed by atoms with Crippen LogP contribution in [0.3, 0.4) is 0 Å². The molecule has 32 heavy (non-hydrogen) atoms. The molecule has 0 unspecified atom stereocenters. The molecule has 0 amide bonds. The Labute approximate surface area is 183 Å². The summed E-state index contributed by atoms with van der Waals surface area (Å²) in [4.78, 5) is 0. The van der Waals surface area contributed by atoms with Crippen molar-refractivity contribution >= 4 is 0 Å². The van der Waals surface area contributed by atoms with Gasteiger partial charge in [0.15, 0.2) is 0 Å². The number of para-hydroxylation sites is 1. The molecule has 4 rings (SSSR count). The van der Waals surface area contributed by atoms with Crippen LogP contribution in [0.5, 0.6) is 11.5 Å². The predicted octanol–water partition coefficient (Wildman–Crippen LogP) is 6.50. The van der Waals surface area contributed by atoms with Gasteiger partial charge in [-0.3, -0.25) is 0 Å². The first-order valence-electron chi connectivity index (χ1n) is 10.1. The number of phenols is 1. The van der Waals surface area contributed by atoms with E-state index < -0.39 is 11.7 Å². The number of benzene rings is 3. The second kappa shape index (κ2) is 8.42. The van der Waals surface area contributed by atoms with Gasteiger partial charge in [0, 0.05) is 16.7 Å². The topological polar surface area (TPSA) is 47.3 Å². The molecule has 0 aliphatic carbocycles. The van der Waals surface area contributed by atoms with E-state index in [1.807, 2.05) is 19.1 Å². The molecular formula is C25H21F3N2O2. The summed E-state index contributed by atoms with van der Waals surface area (Å²) < 4.78 is 48.1. The average Bonchev–Trinajstić information content (AvgIpc) is 3.18. The van der Waals surface area contributed by atoms with Crippen LogP contribution in [-0.4, -0.2) is 22.0 Å². The number of phenolic OH excluding ortho intramolecular Hbond substituents is 1. The van der Waals surface area contributed by atoms with Gasteiger partial charge in [-0.25, -0.2) is 4.68 Å². The molecule has 4 aromatic rings. The van der Waals surface area contributed by atoms with Crippen LogP contribution in [0.25, 0.3) is 28.2 Å². The van der Waals surface area contributed by atoms with Crippen LogP contribution in [-0.2, 0) is 12.6 Å². The van der Waals surface area contributed by atoms with E-state index in [1.54, 1.807) is 37.4 Å². The van der Waals surface area contributed by atoms with Crippen molar-refractivity contribution in [1.82, 2.24) is 9.78 Å². The fourth-order valence-corrected chi connectivity index (χ4v) is 3.75. The summed E-state index contributed by atoms with van der Waals surface area (Å²) in [6.45, 7) is 1.94. The number of rotatable bonds is 5. The zero-order valence-corrected chi connectivity index (χ0v) is 17.5. The van der Waals surface area contributed by atoms with Crippen molar-refractivity contribution < 1.29 is 23.0 Å². The molecule has 7 heteroatoms. The van der Waals surface area contributed by atoms with Crippen LogP contribution >= 0.6 is 0 Å². The van der Waals surface area contributed by atoms with E-state index in [2.05, 4.69) is 5.10 Å². The van der Waals surface area contributed by atoms with E-state index >= 15 is 0 Å². The fourth-order valence-electron chi connectivity index (χ4n) is 3.75. The quantitative estimate of drug-likeness (QED) is 0.387. The molecule has 0 atom stereocenters. The number of nitrogens with zero attached hydrogens (tertiary/aromatic N) is 2. The van der Waals surface area contributed by atoms with Gasteiger partial charge in [0.25, 0.3) is 0 Å². The Balaban J connectivity index is 2.03. The van der Waals surface area contributed by atoms with E-state index in [0.717, 1.165) is 17.2 Å². The normalized spacial score (nSPS) is 11.5. The summed E-state index contributed by atoms with van der Waals surface area (Å²) in [5, 5.41) is 14.4. The number of ether oxygens (including phenoxy) is 1. The molecule has 1 heterocycles. The molecule has 0 spiro atoms. The first kappa shape index (κ1) is 21.5. The first-order chi connectivity index (χ1) is 15.3. The molecule has 1 N–H and O–H groups in total. The molecule has 0 saturated heterocycles. The van der Waals surface area contributed by atoms with Gasteiger partial charge in [-0.2, -0.15) is 18.3 Å². The highest BCUT2D eigenvalue weighted by Crippen LogP contribution is 2.39. The summed E-state index contributed by atoms with van der Waals surface area (Å²) >= 11 is 0. The Morgan fingerprint density at radius 1 is 0.906 bits per heavy atom. The van der Waals surface area contributed by atoms with Crippen LogP contribution in [0, 0.1) is 0 Å². The highest BCUT2D eigenvalue weighted by Gasteiger charge is 2.35. The fraction of sp³-hybridized carbons (Fsp3) is 0.160. The molecule has 164 valence electrons. The molecule has 4 nitrogen and oxygen atoms in total. The van der Waals surface area contributed by atoms with Crippen LogP contribution in [0.4, 0.5) is 13.2 Å². The largest absolute Gasteiger partial charge is 0.508 e. The van der Waals surface area contributed by atoms with Gasteiger partial charge >= 0.3 is 6.18 Å². The standard InChI is InChI=1S/C25H21F3N2O2/c1-3-20-23(16-10-14-19(32-2)15-11-16)29-30(24(20)17-8-12-18(31)13-9-17)22-7-5-4-6-21(22)25(26,27)28/h4-15,31H,3H2,1-2H3. The maximum atomic E-state index is 13.8. The van der Waals surface area contributed by atoms with Gasteiger partial charge in [0.2, 0.25) is 0 Å². The number of aromatic hydroxyl groups is 1. The van der Waals surface area contributed by atoms with Crippen LogP contribution in [0.1, 0.15) is 18.1 Å². The van der Waals surface area contributed by atoms with E-state index in [-0.39, 0.29) is 11.4 Å².